The second kappa shape index (κ2) is 6.65. The van der Waals surface area contributed by atoms with Crippen molar-refractivity contribution in [1.82, 2.24) is 4.98 Å². The molecule has 5 heteroatoms. The van der Waals surface area contributed by atoms with E-state index in [9.17, 15) is 9.59 Å². The van der Waals surface area contributed by atoms with Crippen LogP contribution >= 0.6 is 0 Å². The molecule has 0 spiro atoms. The first-order chi connectivity index (χ1) is 10.1. The van der Waals surface area contributed by atoms with E-state index in [0.717, 1.165) is 5.69 Å². The van der Waals surface area contributed by atoms with Crippen molar-refractivity contribution in [3.63, 3.8) is 0 Å². The smallest absolute Gasteiger partial charge is 0.338 e. The number of amides is 1. The molecule has 108 valence electrons. The summed E-state index contributed by atoms with van der Waals surface area (Å²) in [7, 11) is 0. The van der Waals surface area contributed by atoms with Gasteiger partial charge >= 0.3 is 5.97 Å². The van der Waals surface area contributed by atoms with Crippen LogP contribution in [-0.4, -0.2) is 23.5 Å². The molecule has 1 heterocycles. The van der Waals surface area contributed by atoms with Gasteiger partial charge in [-0.1, -0.05) is 12.1 Å². The summed E-state index contributed by atoms with van der Waals surface area (Å²) in [5.41, 5.74) is 2.01. The summed E-state index contributed by atoms with van der Waals surface area (Å²) >= 11 is 0. The molecule has 21 heavy (non-hydrogen) atoms. The number of anilines is 1. The van der Waals surface area contributed by atoms with E-state index in [1.165, 1.54) is 0 Å². The van der Waals surface area contributed by atoms with Gasteiger partial charge in [-0.2, -0.15) is 0 Å². The summed E-state index contributed by atoms with van der Waals surface area (Å²) in [5.74, 6) is -0.734. The summed E-state index contributed by atoms with van der Waals surface area (Å²) < 4.78 is 4.92. The van der Waals surface area contributed by atoms with Crippen molar-refractivity contribution in [1.29, 1.82) is 0 Å². The van der Waals surface area contributed by atoms with Gasteiger partial charge in [0.05, 0.1) is 12.2 Å². The largest absolute Gasteiger partial charge is 0.462 e. The van der Waals surface area contributed by atoms with E-state index in [0.29, 0.717) is 23.6 Å². The van der Waals surface area contributed by atoms with Gasteiger partial charge < -0.3 is 10.1 Å². The number of nitrogens with one attached hydrogen (secondary N) is 1. The van der Waals surface area contributed by atoms with E-state index in [-0.39, 0.29) is 5.91 Å². The number of benzene rings is 1. The molecular formula is C16H16N2O3. The highest BCUT2D eigenvalue weighted by molar-refractivity contribution is 6.03. The maximum atomic E-state index is 12.1. The van der Waals surface area contributed by atoms with E-state index >= 15 is 0 Å². The zero-order chi connectivity index (χ0) is 15.2. The summed E-state index contributed by atoms with van der Waals surface area (Å²) in [6.45, 7) is 3.87. The van der Waals surface area contributed by atoms with Crippen LogP contribution in [-0.2, 0) is 4.74 Å². The van der Waals surface area contributed by atoms with Crippen LogP contribution in [0.2, 0.25) is 0 Å². The normalized spacial score (nSPS) is 10.0. The van der Waals surface area contributed by atoms with E-state index in [1.54, 1.807) is 43.3 Å². The number of aromatic nitrogens is 1. The number of ether oxygens (including phenoxy) is 1. The second-order valence-corrected chi connectivity index (χ2v) is 4.42. The highest BCUT2D eigenvalue weighted by Gasteiger charge is 2.10. The Bertz CT molecular complexity index is 668. The fraction of sp³-hybridized carbons (Fsp3) is 0.188. The Balaban J connectivity index is 2.14. The molecule has 2 rings (SSSR count). The van der Waals surface area contributed by atoms with Crippen molar-refractivity contribution < 1.29 is 14.3 Å². The van der Waals surface area contributed by atoms with Gasteiger partial charge in [-0.15, -0.1) is 0 Å². The first kappa shape index (κ1) is 14.7. The lowest BCUT2D eigenvalue weighted by molar-refractivity contribution is 0.0526. The lowest BCUT2D eigenvalue weighted by atomic mass is 10.2. The minimum Gasteiger partial charge on any atom is -0.462 e. The molecule has 0 saturated heterocycles. The molecule has 1 amide bonds. The van der Waals surface area contributed by atoms with Gasteiger partial charge in [0, 0.05) is 11.4 Å². The quantitative estimate of drug-likeness (QED) is 0.877. The SMILES string of the molecule is CCOC(=O)c1cccc(NC(=O)c2cccc(C)n2)c1. The van der Waals surface area contributed by atoms with Crippen molar-refractivity contribution in [2.24, 2.45) is 0 Å². The minimum atomic E-state index is -0.415. The number of aryl methyl sites for hydroxylation is 1. The standard InChI is InChI=1S/C16H16N2O3/c1-3-21-16(20)12-7-5-8-13(10-12)18-15(19)14-9-4-6-11(2)17-14/h4-10H,3H2,1-2H3,(H,18,19). The third kappa shape index (κ3) is 3.89. The molecular weight excluding hydrogens is 268 g/mol. The second-order valence-electron chi connectivity index (χ2n) is 4.42. The average Bonchev–Trinajstić information content (AvgIpc) is 2.48. The van der Waals surface area contributed by atoms with Crippen LogP contribution in [0.15, 0.2) is 42.5 Å². The Morgan fingerprint density at radius 3 is 2.67 bits per heavy atom. The maximum absolute atomic E-state index is 12.1. The van der Waals surface area contributed by atoms with Crippen LogP contribution in [0.3, 0.4) is 0 Å². The Labute approximate surface area is 123 Å². The number of hydrogen-bond acceptors (Lipinski definition) is 4. The summed E-state index contributed by atoms with van der Waals surface area (Å²) in [4.78, 5) is 27.9. The molecule has 0 radical (unpaired) electrons. The molecule has 0 atom stereocenters. The lowest BCUT2D eigenvalue weighted by Gasteiger charge is -2.07. The third-order valence-corrected chi connectivity index (χ3v) is 2.75. The number of rotatable bonds is 4. The van der Waals surface area contributed by atoms with Gasteiger partial charge in [0.25, 0.3) is 5.91 Å². The van der Waals surface area contributed by atoms with Crippen molar-refractivity contribution >= 4 is 17.6 Å². The molecule has 0 aliphatic carbocycles. The predicted octanol–water partition coefficient (Wildman–Crippen LogP) is 2.82. The van der Waals surface area contributed by atoms with E-state index in [1.807, 2.05) is 13.0 Å². The molecule has 0 aliphatic rings. The number of pyridine rings is 1. The van der Waals surface area contributed by atoms with Crippen molar-refractivity contribution in [2.75, 3.05) is 11.9 Å². The Morgan fingerprint density at radius 2 is 1.95 bits per heavy atom. The summed E-state index contributed by atoms with van der Waals surface area (Å²) in [6, 6.07) is 11.8. The van der Waals surface area contributed by atoms with Gasteiger partial charge in [0.2, 0.25) is 0 Å². The molecule has 1 N–H and O–H groups in total. The van der Waals surface area contributed by atoms with Crippen molar-refractivity contribution in [2.45, 2.75) is 13.8 Å². The van der Waals surface area contributed by atoms with Crippen LogP contribution in [0.25, 0.3) is 0 Å². The topological polar surface area (TPSA) is 68.3 Å². The fourth-order valence-corrected chi connectivity index (χ4v) is 1.80. The number of esters is 1. The Morgan fingerprint density at radius 1 is 1.19 bits per heavy atom. The summed E-state index contributed by atoms with van der Waals surface area (Å²) in [6.07, 6.45) is 0. The molecule has 1 aromatic heterocycles. The minimum absolute atomic E-state index is 0.308. The average molecular weight is 284 g/mol. The van der Waals surface area contributed by atoms with Gasteiger partial charge in [-0.3, -0.25) is 4.79 Å². The number of carbonyl (C=O) groups is 2. The molecule has 0 saturated carbocycles. The first-order valence-corrected chi connectivity index (χ1v) is 6.62. The molecule has 0 fully saturated rings. The molecule has 0 unspecified atom stereocenters. The zero-order valence-corrected chi connectivity index (χ0v) is 11.9. The van der Waals surface area contributed by atoms with Gasteiger partial charge in [-0.05, 0) is 44.2 Å². The first-order valence-electron chi connectivity index (χ1n) is 6.62. The molecule has 1 aromatic carbocycles. The molecule has 0 aliphatic heterocycles. The van der Waals surface area contributed by atoms with Crippen molar-refractivity contribution in [3.05, 3.63) is 59.4 Å². The third-order valence-electron chi connectivity index (χ3n) is 2.75. The molecule has 5 nitrogen and oxygen atoms in total. The Kier molecular flexibility index (Phi) is 4.66. The highest BCUT2D eigenvalue weighted by Crippen LogP contribution is 2.13. The van der Waals surface area contributed by atoms with E-state index in [4.69, 9.17) is 4.74 Å². The number of nitrogens with zero attached hydrogens (tertiary/aromatic N) is 1. The fourth-order valence-electron chi connectivity index (χ4n) is 1.80. The maximum Gasteiger partial charge on any atom is 0.338 e. The van der Waals surface area contributed by atoms with Crippen LogP contribution in [0.4, 0.5) is 5.69 Å². The number of hydrogen-bond donors (Lipinski definition) is 1. The van der Waals surface area contributed by atoms with Crippen LogP contribution in [0.5, 0.6) is 0 Å². The molecule has 0 bridgehead atoms. The summed E-state index contributed by atoms with van der Waals surface area (Å²) in [5, 5.41) is 2.71. The zero-order valence-electron chi connectivity index (χ0n) is 11.9. The van der Waals surface area contributed by atoms with Crippen molar-refractivity contribution in [3.8, 4) is 0 Å². The van der Waals surface area contributed by atoms with Crippen LogP contribution < -0.4 is 5.32 Å². The predicted molar refractivity (Wildman–Crippen MR) is 79.3 cm³/mol. The monoisotopic (exact) mass is 284 g/mol. The van der Waals surface area contributed by atoms with Gasteiger partial charge in [0.15, 0.2) is 0 Å². The molecule has 2 aromatic rings. The lowest BCUT2D eigenvalue weighted by Crippen LogP contribution is -2.14. The number of carbonyl (C=O) groups excluding carboxylic acids is 2. The van der Waals surface area contributed by atoms with Crippen LogP contribution in [0, 0.1) is 6.92 Å². The highest BCUT2D eigenvalue weighted by atomic mass is 16.5. The van der Waals surface area contributed by atoms with Gasteiger partial charge in [-0.25, -0.2) is 9.78 Å². The van der Waals surface area contributed by atoms with E-state index < -0.39 is 5.97 Å². The van der Waals surface area contributed by atoms with Crippen LogP contribution in [0.1, 0.15) is 33.5 Å². The van der Waals surface area contributed by atoms with Gasteiger partial charge in [0.1, 0.15) is 5.69 Å². The Hall–Kier alpha value is -2.69. The van der Waals surface area contributed by atoms with E-state index in [2.05, 4.69) is 10.3 Å².